The Kier molecular flexibility index (Phi) is 5.14. The van der Waals surface area contributed by atoms with Crippen molar-refractivity contribution in [3.8, 4) is 0 Å². The summed E-state index contributed by atoms with van der Waals surface area (Å²) in [6, 6.07) is 5.55. The van der Waals surface area contributed by atoms with Crippen LogP contribution in [0.15, 0.2) is 34.4 Å². The van der Waals surface area contributed by atoms with Crippen LogP contribution in [0.25, 0.3) is 0 Å². The number of hydrogen-bond acceptors (Lipinski definition) is 5. The van der Waals surface area contributed by atoms with Gasteiger partial charge in [0.05, 0.1) is 23.7 Å². The Morgan fingerprint density at radius 2 is 2.35 bits per heavy atom. The zero-order valence-electron chi connectivity index (χ0n) is 11.2. The summed E-state index contributed by atoms with van der Waals surface area (Å²) >= 11 is 5.08. The lowest BCUT2D eigenvalue weighted by molar-refractivity contribution is 0.0526. The Hall–Kier alpha value is -1.40. The van der Waals surface area contributed by atoms with E-state index < -0.39 is 0 Å². The van der Waals surface area contributed by atoms with E-state index in [0.717, 1.165) is 15.0 Å². The average molecular weight is 355 g/mol. The summed E-state index contributed by atoms with van der Waals surface area (Å²) in [7, 11) is 0. The Morgan fingerprint density at radius 3 is 2.95 bits per heavy atom. The second-order valence-corrected chi connectivity index (χ2v) is 5.96. The first kappa shape index (κ1) is 15.0. The maximum absolute atomic E-state index is 11.6. The van der Waals surface area contributed by atoms with Gasteiger partial charge < -0.3 is 10.1 Å². The van der Waals surface area contributed by atoms with E-state index in [4.69, 9.17) is 4.74 Å². The molecule has 6 heteroatoms. The van der Waals surface area contributed by atoms with Crippen LogP contribution in [0.1, 0.15) is 35.1 Å². The first-order valence-electron chi connectivity index (χ1n) is 6.23. The molecular weight excluding hydrogens is 340 g/mol. The van der Waals surface area contributed by atoms with Crippen LogP contribution < -0.4 is 5.32 Å². The molecule has 1 aromatic carbocycles. The highest BCUT2D eigenvalue weighted by molar-refractivity contribution is 9.10. The number of esters is 1. The van der Waals surface area contributed by atoms with E-state index in [-0.39, 0.29) is 12.0 Å². The van der Waals surface area contributed by atoms with Crippen LogP contribution in [0, 0.1) is 0 Å². The van der Waals surface area contributed by atoms with Crippen LogP contribution in [-0.4, -0.2) is 17.6 Å². The van der Waals surface area contributed by atoms with Gasteiger partial charge in [0.25, 0.3) is 0 Å². The minimum Gasteiger partial charge on any atom is -0.462 e. The number of halogens is 1. The second kappa shape index (κ2) is 6.85. The van der Waals surface area contributed by atoms with Crippen LogP contribution >= 0.6 is 27.3 Å². The average Bonchev–Trinajstić information content (AvgIpc) is 2.95. The summed E-state index contributed by atoms with van der Waals surface area (Å²) in [6.07, 6.45) is 1.85. The highest BCUT2D eigenvalue weighted by atomic mass is 79.9. The number of nitrogens with one attached hydrogen (secondary N) is 1. The van der Waals surface area contributed by atoms with Crippen molar-refractivity contribution in [3.63, 3.8) is 0 Å². The van der Waals surface area contributed by atoms with Crippen LogP contribution in [0.4, 0.5) is 5.69 Å². The highest BCUT2D eigenvalue weighted by Gasteiger charge is 2.12. The van der Waals surface area contributed by atoms with E-state index in [1.54, 1.807) is 30.4 Å². The number of aromatic nitrogens is 1. The van der Waals surface area contributed by atoms with Crippen molar-refractivity contribution >= 4 is 38.9 Å². The van der Waals surface area contributed by atoms with Crippen molar-refractivity contribution in [2.75, 3.05) is 11.9 Å². The van der Waals surface area contributed by atoms with E-state index in [9.17, 15) is 4.79 Å². The molecule has 106 valence electrons. The predicted molar refractivity (Wildman–Crippen MR) is 84.3 cm³/mol. The van der Waals surface area contributed by atoms with E-state index in [1.807, 2.05) is 17.8 Å². The SMILES string of the molecule is CCOC(=O)c1ccc(NC(C)c2cncs2)c(Br)c1. The topological polar surface area (TPSA) is 51.2 Å². The number of benzene rings is 1. The maximum Gasteiger partial charge on any atom is 0.338 e. The van der Waals surface area contributed by atoms with Crippen LogP contribution in [0.5, 0.6) is 0 Å². The van der Waals surface area contributed by atoms with Crippen molar-refractivity contribution in [1.29, 1.82) is 0 Å². The van der Waals surface area contributed by atoms with E-state index in [0.29, 0.717) is 12.2 Å². The van der Waals surface area contributed by atoms with Crippen molar-refractivity contribution in [2.24, 2.45) is 0 Å². The van der Waals surface area contributed by atoms with Gasteiger partial charge in [-0.25, -0.2) is 4.79 Å². The van der Waals surface area contributed by atoms with Crippen molar-refractivity contribution in [3.05, 3.63) is 44.8 Å². The molecule has 1 N–H and O–H groups in total. The molecule has 4 nitrogen and oxygen atoms in total. The lowest BCUT2D eigenvalue weighted by Crippen LogP contribution is -2.07. The third kappa shape index (κ3) is 3.58. The molecular formula is C14H15BrN2O2S. The molecule has 0 bridgehead atoms. The van der Waals surface area contributed by atoms with Gasteiger partial charge in [-0.3, -0.25) is 4.98 Å². The first-order chi connectivity index (χ1) is 9.61. The van der Waals surface area contributed by atoms with E-state index in [1.165, 1.54) is 0 Å². The minimum absolute atomic E-state index is 0.159. The number of rotatable bonds is 5. The number of carbonyl (C=O) groups excluding carboxylic acids is 1. The molecule has 2 aromatic rings. The molecule has 0 amide bonds. The molecule has 0 radical (unpaired) electrons. The number of hydrogen-bond donors (Lipinski definition) is 1. The molecule has 0 saturated carbocycles. The molecule has 20 heavy (non-hydrogen) atoms. The van der Waals surface area contributed by atoms with Gasteiger partial charge in [0.1, 0.15) is 0 Å². The molecule has 0 aliphatic heterocycles. The molecule has 1 heterocycles. The third-order valence-electron chi connectivity index (χ3n) is 2.73. The van der Waals surface area contributed by atoms with Gasteiger partial charge in [-0.15, -0.1) is 11.3 Å². The molecule has 0 saturated heterocycles. The summed E-state index contributed by atoms with van der Waals surface area (Å²) < 4.78 is 5.81. The lowest BCUT2D eigenvalue weighted by atomic mass is 10.2. The normalized spacial score (nSPS) is 11.9. The highest BCUT2D eigenvalue weighted by Crippen LogP contribution is 2.28. The number of ether oxygens (including phenoxy) is 1. The quantitative estimate of drug-likeness (QED) is 0.815. The van der Waals surface area contributed by atoms with Crippen LogP contribution in [-0.2, 0) is 4.74 Å². The molecule has 0 aliphatic rings. The molecule has 2 rings (SSSR count). The molecule has 0 aliphatic carbocycles. The van der Waals surface area contributed by atoms with Gasteiger partial charge in [0, 0.05) is 21.2 Å². The van der Waals surface area contributed by atoms with Gasteiger partial charge >= 0.3 is 5.97 Å². The fourth-order valence-corrected chi connectivity index (χ4v) is 2.84. The smallest absolute Gasteiger partial charge is 0.338 e. The Balaban J connectivity index is 2.12. The number of carbonyl (C=O) groups is 1. The maximum atomic E-state index is 11.6. The summed E-state index contributed by atoms with van der Waals surface area (Å²) in [6.45, 7) is 4.23. The Morgan fingerprint density at radius 1 is 1.55 bits per heavy atom. The zero-order chi connectivity index (χ0) is 14.5. The van der Waals surface area contributed by atoms with Gasteiger partial charge in [0.15, 0.2) is 0 Å². The second-order valence-electron chi connectivity index (χ2n) is 4.18. The van der Waals surface area contributed by atoms with Gasteiger partial charge in [-0.2, -0.15) is 0 Å². The number of anilines is 1. The first-order valence-corrected chi connectivity index (χ1v) is 7.90. The predicted octanol–water partition coefficient (Wildman–Crippen LogP) is 4.26. The lowest BCUT2D eigenvalue weighted by Gasteiger charge is -2.15. The third-order valence-corrected chi connectivity index (χ3v) is 4.34. The zero-order valence-corrected chi connectivity index (χ0v) is 13.6. The monoisotopic (exact) mass is 354 g/mol. The molecule has 0 spiro atoms. The van der Waals surface area contributed by atoms with E-state index in [2.05, 4.69) is 33.2 Å². The van der Waals surface area contributed by atoms with Gasteiger partial charge in [0.2, 0.25) is 0 Å². The standard InChI is InChI=1S/C14H15BrN2O2S/c1-3-19-14(18)10-4-5-12(11(15)6-10)17-9(2)13-7-16-8-20-13/h4-9,17H,3H2,1-2H3. The number of nitrogens with zero attached hydrogens (tertiary/aromatic N) is 1. The molecule has 1 unspecified atom stereocenters. The van der Waals surface area contributed by atoms with Crippen molar-refractivity contribution in [1.82, 2.24) is 4.98 Å². The van der Waals surface area contributed by atoms with Crippen molar-refractivity contribution in [2.45, 2.75) is 19.9 Å². The fourth-order valence-electron chi connectivity index (χ4n) is 1.72. The van der Waals surface area contributed by atoms with Crippen molar-refractivity contribution < 1.29 is 9.53 Å². The van der Waals surface area contributed by atoms with Crippen LogP contribution in [0.2, 0.25) is 0 Å². The van der Waals surface area contributed by atoms with Gasteiger partial charge in [-0.1, -0.05) is 0 Å². The Bertz CT molecular complexity index is 587. The Labute approximate surface area is 130 Å². The molecule has 0 fully saturated rings. The summed E-state index contributed by atoms with van der Waals surface area (Å²) in [5.74, 6) is -0.310. The molecule has 1 aromatic heterocycles. The summed E-state index contributed by atoms with van der Waals surface area (Å²) in [4.78, 5) is 16.9. The summed E-state index contributed by atoms with van der Waals surface area (Å²) in [5.41, 5.74) is 3.28. The van der Waals surface area contributed by atoms with Crippen LogP contribution in [0.3, 0.4) is 0 Å². The minimum atomic E-state index is -0.310. The largest absolute Gasteiger partial charge is 0.462 e. The molecule has 1 atom stereocenters. The summed E-state index contributed by atoms with van der Waals surface area (Å²) in [5, 5.41) is 3.38. The fraction of sp³-hybridized carbons (Fsp3) is 0.286. The van der Waals surface area contributed by atoms with E-state index >= 15 is 0 Å². The number of thiazole rings is 1. The van der Waals surface area contributed by atoms with Gasteiger partial charge in [-0.05, 0) is 48.0 Å².